The number of nitrogens with one attached hydrogen (secondary N) is 1. The van der Waals surface area contributed by atoms with Gasteiger partial charge in [0.1, 0.15) is 0 Å². The Balaban J connectivity index is 1.55. The fourth-order valence-electron chi connectivity index (χ4n) is 3.64. The number of ether oxygens (including phenoxy) is 2. The van der Waals surface area contributed by atoms with Crippen molar-refractivity contribution in [2.75, 3.05) is 12.4 Å². The van der Waals surface area contributed by atoms with Crippen LogP contribution < -0.4 is 14.8 Å². The van der Waals surface area contributed by atoms with Gasteiger partial charge in [0.15, 0.2) is 17.7 Å². The average Bonchev–Trinajstić information content (AvgIpc) is 3.04. The lowest BCUT2D eigenvalue weighted by Gasteiger charge is -2.20. The maximum Gasteiger partial charge on any atom is 0.315 e. The van der Waals surface area contributed by atoms with Gasteiger partial charge in [-0.05, 0) is 17.7 Å². The van der Waals surface area contributed by atoms with Gasteiger partial charge in [-0.2, -0.15) is 4.98 Å². The monoisotopic (exact) mass is 489 g/mol. The highest BCUT2D eigenvalue weighted by molar-refractivity contribution is 7.98. The third kappa shape index (κ3) is 4.53. The van der Waals surface area contributed by atoms with Crippen LogP contribution in [0.3, 0.4) is 0 Å². The zero-order valence-corrected chi connectivity index (χ0v) is 19.2. The number of aromatic hydroxyl groups is 1. The summed E-state index contributed by atoms with van der Waals surface area (Å²) in [6.07, 6.45) is -0.880. The number of nitrogens with zero attached hydrogens (tertiary/aromatic N) is 4. The van der Waals surface area contributed by atoms with Crippen molar-refractivity contribution < 1.29 is 19.5 Å². The molecule has 4 aromatic rings. The van der Waals surface area contributed by atoms with Crippen LogP contribution in [-0.4, -0.2) is 32.3 Å². The fourth-order valence-corrected chi connectivity index (χ4v) is 4.38. The molecule has 11 heteroatoms. The van der Waals surface area contributed by atoms with Crippen molar-refractivity contribution in [3.05, 3.63) is 88.0 Å². The normalized spacial score (nSPS) is 14.0. The van der Waals surface area contributed by atoms with Gasteiger partial charge < -0.3 is 19.9 Å². The number of benzene rings is 3. The molecular weight excluding hydrogens is 470 g/mol. The number of hydrogen-bond acceptors (Lipinski definition) is 10. The zero-order chi connectivity index (χ0) is 24.4. The van der Waals surface area contributed by atoms with Gasteiger partial charge in [0.25, 0.3) is 0 Å². The van der Waals surface area contributed by atoms with Gasteiger partial charge in [-0.3, -0.25) is 10.1 Å². The minimum absolute atomic E-state index is 0.0442. The second kappa shape index (κ2) is 9.47. The Bertz CT molecular complexity index is 1400. The predicted molar refractivity (Wildman–Crippen MR) is 130 cm³/mol. The molecule has 1 aromatic heterocycles. The minimum atomic E-state index is -0.880. The topological polar surface area (TPSA) is 133 Å². The number of nitro benzene ring substituents is 1. The first-order valence-electron chi connectivity index (χ1n) is 10.5. The number of fused-ring (bicyclic) bond motifs is 3. The highest BCUT2D eigenvalue weighted by Crippen LogP contribution is 2.43. The molecule has 35 heavy (non-hydrogen) atoms. The number of anilines is 1. The molecule has 1 atom stereocenters. The summed E-state index contributed by atoms with van der Waals surface area (Å²) in [5.74, 6) is 0.283. The molecule has 2 heterocycles. The average molecular weight is 490 g/mol. The van der Waals surface area contributed by atoms with Gasteiger partial charge in [-0.15, -0.1) is 10.2 Å². The highest BCUT2D eigenvalue weighted by atomic mass is 32.2. The first-order chi connectivity index (χ1) is 17.0. The minimum Gasteiger partial charge on any atom is -0.500 e. The Morgan fingerprint density at radius 3 is 2.69 bits per heavy atom. The van der Waals surface area contributed by atoms with Gasteiger partial charge in [0.2, 0.25) is 16.8 Å². The molecule has 0 aliphatic carbocycles. The molecular formula is C24H19N5O5S. The number of rotatable bonds is 6. The highest BCUT2D eigenvalue weighted by Gasteiger charge is 2.29. The van der Waals surface area contributed by atoms with E-state index in [2.05, 4.69) is 20.5 Å². The molecule has 0 saturated carbocycles. The number of hydrogen-bond donors (Lipinski definition) is 2. The smallest absolute Gasteiger partial charge is 0.315 e. The van der Waals surface area contributed by atoms with E-state index in [-0.39, 0.29) is 11.6 Å². The second-order valence-electron chi connectivity index (χ2n) is 7.56. The number of para-hydroxylation sites is 1. The van der Waals surface area contributed by atoms with Crippen molar-refractivity contribution in [3.8, 4) is 28.6 Å². The Hall–Kier alpha value is -4.38. The molecule has 0 radical (unpaired) electrons. The van der Waals surface area contributed by atoms with Crippen LogP contribution in [0.25, 0.3) is 11.3 Å². The number of aromatic nitrogens is 3. The van der Waals surface area contributed by atoms with E-state index in [1.807, 2.05) is 54.6 Å². The molecule has 0 fully saturated rings. The summed E-state index contributed by atoms with van der Waals surface area (Å²) in [7, 11) is 1.32. The summed E-state index contributed by atoms with van der Waals surface area (Å²) >= 11 is 1.42. The lowest BCUT2D eigenvalue weighted by Crippen LogP contribution is -2.17. The molecule has 0 unspecified atom stereocenters. The fraction of sp³-hybridized carbons (Fsp3) is 0.125. The predicted octanol–water partition coefficient (Wildman–Crippen LogP) is 4.96. The summed E-state index contributed by atoms with van der Waals surface area (Å²) in [6.45, 7) is 0. The number of phenols is 1. The summed E-state index contributed by atoms with van der Waals surface area (Å²) in [5.41, 5.74) is 2.84. The molecule has 3 aromatic carbocycles. The summed E-state index contributed by atoms with van der Waals surface area (Å²) in [6, 6.07) is 20.0. The Labute approximate surface area is 204 Å². The molecule has 0 saturated heterocycles. The van der Waals surface area contributed by atoms with Crippen LogP contribution in [0, 0.1) is 10.1 Å². The second-order valence-corrected chi connectivity index (χ2v) is 8.50. The van der Waals surface area contributed by atoms with Gasteiger partial charge in [-0.25, -0.2) is 0 Å². The van der Waals surface area contributed by atoms with Crippen molar-refractivity contribution in [1.29, 1.82) is 0 Å². The van der Waals surface area contributed by atoms with Crippen molar-refractivity contribution >= 4 is 23.1 Å². The SMILES string of the molecule is COc1cc([C@@H]2Nc3ccccc3-c3nnc(SCc4ccccc4)nc3O2)cc([N+](=O)[O-])c1O. The van der Waals surface area contributed by atoms with Crippen LogP contribution in [0.4, 0.5) is 11.4 Å². The van der Waals surface area contributed by atoms with Crippen LogP contribution in [-0.2, 0) is 5.75 Å². The molecule has 176 valence electrons. The molecule has 10 nitrogen and oxygen atoms in total. The molecule has 1 aliphatic rings. The first-order valence-corrected chi connectivity index (χ1v) is 11.5. The van der Waals surface area contributed by atoms with Crippen molar-refractivity contribution in [2.24, 2.45) is 0 Å². The van der Waals surface area contributed by atoms with Gasteiger partial charge in [-0.1, -0.05) is 60.3 Å². The molecule has 5 rings (SSSR count). The van der Waals surface area contributed by atoms with Crippen LogP contribution in [0.5, 0.6) is 17.4 Å². The molecule has 2 N–H and O–H groups in total. The lowest BCUT2D eigenvalue weighted by atomic mass is 10.1. The summed E-state index contributed by atoms with van der Waals surface area (Å²) in [5, 5.41) is 34.0. The molecule has 0 amide bonds. The van der Waals surface area contributed by atoms with Gasteiger partial charge >= 0.3 is 5.69 Å². The van der Waals surface area contributed by atoms with E-state index in [1.54, 1.807) is 0 Å². The van der Waals surface area contributed by atoms with E-state index in [4.69, 9.17) is 9.47 Å². The number of methoxy groups -OCH3 is 1. The molecule has 1 aliphatic heterocycles. The quantitative estimate of drug-likeness (QED) is 0.218. The first kappa shape index (κ1) is 22.4. The Morgan fingerprint density at radius 1 is 1.14 bits per heavy atom. The Morgan fingerprint density at radius 2 is 1.91 bits per heavy atom. The maximum atomic E-state index is 11.5. The third-order valence-electron chi connectivity index (χ3n) is 5.34. The zero-order valence-electron chi connectivity index (χ0n) is 18.4. The molecule has 0 bridgehead atoms. The van der Waals surface area contributed by atoms with Crippen molar-refractivity contribution in [3.63, 3.8) is 0 Å². The van der Waals surface area contributed by atoms with E-state index in [9.17, 15) is 15.2 Å². The van der Waals surface area contributed by atoms with Crippen LogP contribution in [0.1, 0.15) is 17.4 Å². The van der Waals surface area contributed by atoms with E-state index >= 15 is 0 Å². The van der Waals surface area contributed by atoms with E-state index < -0.39 is 22.6 Å². The van der Waals surface area contributed by atoms with Crippen LogP contribution >= 0.6 is 11.8 Å². The number of phenolic OH excluding ortho intramolecular Hbond substituents is 1. The van der Waals surface area contributed by atoms with E-state index in [0.717, 1.165) is 11.1 Å². The van der Waals surface area contributed by atoms with Crippen LogP contribution in [0.2, 0.25) is 0 Å². The maximum absolute atomic E-state index is 11.5. The molecule has 0 spiro atoms. The largest absolute Gasteiger partial charge is 0.500 e. The number of nitro groups is 1. The van der Waals surface area contributed by atoms with Gasteiger partial charge in [0.05, 0.1) is 12.0 Å². The van der Waals surface area contributed by atoms with Gasteiger partial charge in [0, 0.05) is 28.6 Å². The standard InChI is InChI=1S/C24H19N5O5S/c1-33-19-12-15(11-18(21(19)30)29(31)32)22-25-17-10-6-5-9-16(17)20-23(34-22)26-24(28-27-20)35-13-14-7-3-2-4-8-14/h2-12,22,25,30H,13H2,1H3/t22-/m1/s1. The third-order valence-corrected chi connectivity index (χ3v) is 6.25. The van der Waals surface area contributed by atoms with E-state index in [0.29, 0.717) is 27.9 Å². The lowest BCUT2D eigenvalue weighted by molar-refractivity contribution is -0.386. The number of thioether (sulfide) groups is 1. The van der Waals surface area contributed by atoms with Crippen molar-refractivity contribution in [1.82, 2.24) is 15.2 Å². The Kier molecular flexibility index (Phi) is 6.06. The van der Waals surface area contributed by atoms with E-state index in [1.165, 1.54) is 31.0 Å². The summed E-state index contributed by atoms with van der Waals surface area (Å²) in [4.78, 5) is 15.4. The summed E-state index contributed by atoms with van der Waals surface area (Å²) < 4.78 is 11.3. The van der Waals surface area contributed by atoms with Crippen LogP contribution in [0.15, 0.2) is 71.9 Å². The van der Waals surface area contributed by atoms with Crippen molar-refractivity contribution in [2.45, 2.75) is 17.1 Å².